The van der Waals surface area contributed by atoms with Gasteiger partial charge in [-0.1, -0.05) is 112 Å². The van der Waals surface area contributed by atoms with E-state index in [-0.39, 0.29) is 24.9 Å². The van der Waals surface area contributed by atoms with Crippen molar-refractivity contribution in [2.75, 3.05) is 40.6 Å². The zero-order valence-corrected chi connectivity index (χ0v) is 42.4. The lowest BCUT2D eigenvalue weighted by molar-refractivity contribution is -0.178. The van der Waals surface area contributed by atoms with E-state index in [1.54, 1.807) is 26.4 Å². The molecule has 3 aliphatic heterocycles. The molecular weight excluding hydrogens is 1030 g/mol. The summed E-state index contributed by atoms with van der Waals surface area (Å²) in [5.41, 5.74) is 4.23. The summed E-state index contributed by atoms with van der Waals surface area (Å²) < 4.78 is 47.7. The summed E-state index contributed by atoms with van der Waals surface area (Å²) in [6.07, 6.45) is -0.558. The van der Waals surface area contributed by atoms with E-state index in [0.29, 0.717) is 19.8 Å². The third kappa shape index (κ3) is 19.0. The van der Waals surface area contributed by atoms with Crippen LogP contribution in [0.5, 0.6) is 0 Å². The van der Waals surface area contributed by atoms with Gasteiger partial charge in [0.2, 0.25) is 0 Å². The van der Waals surface area contributed by atoms with Gasteiger partial charge in [-0.3, -0.25) is 0 Å². The summed E-state index contributed by atoms with van der Waals surface area (Å²) in [5.74, 6) is -1.76. The van der Waals surface area contributed by atoms with E-state index in [9.17, 15) is 0 Å². The van der Waals surface area contributed by atoms with Gasteiger partial charge in [0.15, 0.2) is 23.1 Å². The third-order valence-corrected chi connectivity index (χ3v) is 11.3. The van der Waals surface area contributed by atoms with Gasteiger partial charge in [0.05, 0.1) is 26.4 Å². The van der Waals surface area contributed by atoms with Crippen LogP contribution in [0.25, 0.3) is 0 Å². The van der Waals surface area contributed by atoms with Crippen molar-refractivity contribution in [1.82, 2.24) is 0 Å². The van der Waals surface area contributed by atoms with Crippen molar-refractivity contribution in [1.29, 1.82) is 0 Å². The lowest BCUT2D eigenvalue weighted by Gasteiger charge is -2.19. The molecule has 4 atom stereocenters. The number of benzene rings is 4. The van der Waals surface area contributed by atoms with E-state index >= 15 is 0 Å². The second-order valence-corrected chi connectivity index (χ2v) is 19.3. The second kappa shape index (κ2) is 24.5. The molecule has 60 heavy (non-hydrogen) atoms. The first-order valence-electron chi connectivity index (χ1n) is 19.4. The van der Waals surface area contributed by atoms with Crippen LogP contribution in [0.1, 0.15) is 102 Å². The largest absolute Gasteiger partial charge is 0.393 e. The summed E-state index contributed by atoms with van der Waals surface area (Å²) in [4.78, 5) is 0. The van der Waals surface area contributed by atoms with Crippen LogP contribution in [0, 0.1) is 0 Å². The smallest absolute Gasteiger partial charge is 0.163 e. The van der Waals surface area contributed by atoms with E-state index < -0.39 is 29.3 Å². The molecule has 14 heteroatoms. The fraction of sp³-hybridized carbons (Fsp3) is 0.478. The fourth-order valence-electron chi connectivity index (χ4n) is 5.46. The Labute approximate surface area is 390 Å². The predicted molar refractivity (Wildman–Crippen MR) is 248 cm³/mol. The van der Waals surface area contributed by atoms with Gasteiger partial charge in [-0.25, -0.2) is 0 Å². The average Bonchev–Trinajstić information content (AvgIpc) is 3.90. The maximum absolute atomic E-state index is 9.15. The fourth-order valence-corrected chi connectivity index (χ4v) is 6.52. The molecule has 7 rings (SSSR count). The first kappa shape index (κ1) is 52.7. The van der Waals surface area contributed by atoms with Crippen molar-refractivity contribution in [3.8, 4) is 0 Å². The zero-order chi connectivity index (χ0) is 44.7. The van der Waals surface area contributed by atoms with Gasteiger partial charge in [0.25, 0.3) is 0 Å². The van der Waals surface area contributed by atoms with E-state index in [1.807, 2.05) is 104 Å². The number of rotatable bonds is 7. The van der Waals surface area contributed by atoms with Crippen molar-refractivity contribution in [3.63, 3.8) is 0 Å². The van der Waals surface area contributed by atoms with Gasteiger partial charge in [-0.15, -0.1) is 0 Å². The number of hydrogen-bond acceptors (Lipinski definition) is 10. The van der Waals surface area contributed by atoms with Crippen LogP contribution in [0.2, 0.25) is 0 Å². The quantitative estimate of drug-likeness (QED) is 0.173. The van der Waals surface area contributed by atoms with Crippen molar-refractivity contribution >= 4 is 63.7 Å². The minimum atomic E-state index is -0.761. The van der Waals surface area contributed by atoms with Gasteiger partial charge in [-0.2, -0.15) is 0 Å². The number of aliphatic hydroxyl groups is 2. The van der Waals surface area contributed by atoms with Crippen LogP contribution in [-0.2, 0) is 37.9 Å². The van der Waals surface area contributed by atoms with Gasteiger partial charge in [-0.05, 0) is 126 Å². The number of ether oxygens (including phenoxy) is 8. The zero-order valence-electron chi connectivity index (χ0n) is 36.0. The molecule has 3 saturated heterocycles. The molecule has 0 saturated carbocycles. The molecule has 0 amide bonds. The lowest BCUT2D eigenvalue weighted by atomic mass is 10.1. The molecular formula is C46H60Br4O10. The Kier molecular flexibility index (Phi) is 21.5. The van der Waals surface area contributed by atoms with Gasteiger partial charge >= 0.3 is 0 Å². The molecule has 0 radical (unpaired) electrons. The molecule has 0 aromatic heterocycles. The van der Waals surface area contributed by atoms with Crippen LogP contribution in [0.15, 0.2) is 115 Å². The molecule has 10 nitrogen and oxygen atoms in total. The van der Waals surface area contributed by atoms with E-state index in [0.717, 1.165) is 23.5 Å². The van der Waals surface area contributed by atoms with E-state index in [2.05, 4.69) is 100 Å². The Morgan fingerprint density at radius 3 is 0.967 bits per heavy atom. The summed E-state index contributed by atoms with van der Waals surface area (Å²) in [6, 6.07) is 31.6. The summed E-state index contributed by atoms with van der Waals surface area (Å²) >= 11 is 13.5. The average molecular weight is 1090 g/mol. The maximum Gasteiger partial charge on any atom is 0.163 e. The van der Waals surface area contributed by atoms with Crippen LogP contribution < -0.4 is 0 Å². The van der Waals surface area contributed by atoms with Crippen LogP contribution in [0.3, 0.4) is 0 Å². The number of methoxy groups -OCH3 is 2. The molecule has 0 bridgehead atoms. The Hall–Kier alpha value is -1.60. The highest BCUT2D eigenvalue weighted by Crippen LogP contribution is 2.35. The lowest BCUT2D eigenvalue weighted by Crippen LogP contribution is -2.24. The van der Waals surface area contributed by atoms with E-state index in [1.165, 1.54) is 16.7 Å². The van der Waals surface area contributed by atoms with Crippen molar-refractivity contribution in [3.05, 3.63) is 137 Å². The topological polar surface area (TPSA) is 114 Å². The number of aliphatic hydroxyl groups excluding tert-OH is 2. The molecule has 2 unspecified atom stereocenters. The highest BCUT2D eigenvalue weighted by molar-refractivity contribution is 9.11. The summed E-state index contributed by atoms with van der Waals surface area (Å²) in [7, 11) is 3.23. The van der Waals surface area contributed by atoms with Crippen LogP contribution in [-0.4, -0.2) is 74.0 Å². The minimum Gasteiger partial charge on any atom is -0.393 e. The standard InChI is InChI=1S/3C11H13BrO2.C8H9BrO2.C5H12O2/c3*1-11(2)13-7-10(14-11)8-3-5-9(12)6-4-8;9-7-3-1-6(2-4-7)8(11)5-10;1-5(2,6-3)7-4/h3*3-6,10H,7H2,1-2H3;1-4,8,10-11H,5H2;1-4H3/t2*10-;;;/m10.../s1. The Morgan fingerprint density at radius 1 is 0.533 bits per heavy atom. The summed E-state index contributed by atoms with van der Waals surface area (Å²) in [5, 5.41) is 17.8. The first-order chi connectivity index (χ1) is 28.1. The highest BCUT2D eigenvalue weighted by atomic mass is 79.9. The molecule has 4 aromatic carbocycles. The number of halogens is 4. The monoisotopic (exact) mass is 1090 g/mol. The normalized spacial score (nSPS) is 21.4. The first-order valence-corrected chi connectivity index (χ1v) is 22.6. The third-order valence-electron chi connectivity index (χ3n) is 9.16. The molecule has 3 fully saturated rings. The molecule has 2 N–H and O–H groups in total. The van der Waals surface area contributed by atoms with Gasteiger partial charge in [0.1, 0.15) is 24.4 Å². The second-order valence-electron chi connectivity index (χ2n) is 15.7. The molecule has 332 valence electrons. The van der Waals surface area contributed by atoms with Crippen molar-refractivity contribution in [2.45, 2.75) is 103 Å². The maximum atomic E-state index is 9.15. The number of hydrogen-bond donors (Lipinski definition) is 2. The van der Waals surface area contributed by atoms with Gasteiger partial charge < -0.3 is 48.1 Å². The van der Waals surface area contributed by atoms with Crippen LogP contribution in [0.4, 0.5) is 0 Å². The molecule has 0 aliphatic carbocycles. The summed E-state index contributed by atoms with van der Waals surface area (Å²) in [6.45, 7) is 17.0. The van der Waals surface area contributed by atoms with Crippen molar-refractivity contribution in [2.24, 2.45) is 0 Å². The molecule has 3 aliphatic rings. The van der Waals surface area contributed by atoms with Crippen LogP contribution >= 0.6 is 63.7 Å². The Morgan fingerprint density at radius 2 is 0.783 bits per heavy atom. The SMILES string of the molecule is CC1(C)OCC(c2ccc(Br)cc2)O1.CC1(C)OC[C@@H](c2ccc(Br)cc2)O1.CC1(C)OC[C@H](c2ccc(Br)cc2)O1.COC(C)(C)OC.OCC(O)c1ccc(Br)cc1. The van der Waals surface area contributed by atoms with E-state index in [4.69, 9.17) is 48.1 Å². The van der Waals surface area contributed by atoms with Gasteiger partial charge in [0, 0.05) is 32.1 Å². The molecule has 3 heterocycles. The Bertz CT molecular complexity index is 1650. The Balaban J connectivity index is 0.000000204. The predicted octanol–water partition coefficient (Wildman–Crippen LogP) is 12.3. The molecule has 0 spiro atoms. The minimum absolute atomic E-state index is 0.0677. The van der Waals surface area contributed by atoms with Crippen molar-refractivity contribution < 1.29 is 48.1 Å². The highest BCUT2D eigenvalue weighted by Gasteiger charge is 2.35. The molecule has 4 aromatic rings.